The third-order valence-corrected chi connectivity index (χ3v) is 8.81. The molecule has 1 heteroatoms. The molecule has 32 heavy (non-hydrogen) atoms. The number of fused-ring (bicyclic) bond motifs is 10. The summed E-state index contributed by atoms with van der Waals surface area (Å²) in [7, 11) is 0. The molecule has 152 valence electrons. The minimum absolute atomic E-state index is 0.00426. The van der Waals surface area contributed by atoms with Crippen LogP contribution in [0.4, 0.5) is 0 Å². The molecule has 0 bridgehead atoms. The van der Waals surface area contributed by atoms with Gasteiger partial charge in [-0.1, -0.05) is 90.5 Å². The quantitative estimate of drug-likeness (QED) is 0.246. The van der Waals surface area contributed by atoms with E-state index in [2.05, 4.69) is 85.0 Å². The maximum atomic E-state index is 6.50. The van der Waals surface area contributed by atoms with Crippen molar-refractivity contribution in [2.45, 2.75) is 24.2 Å². The maximum Gasteiger partial charge on any atom is 0.0412 e. The van der Waals surface area contributed by atoms with Crippen LogP contribution >= 0.6 is 11.6 Å². The van der Waals surface area contributed by atoms with Gasteiger partial charge in [0.1, 0.15) is 0 Å². The summed E-state index contributed by atoms with van der Waals surface area (Å²) in [5, 5.41) is 6.30. The Balaban J connectivity index is 1.60. The molecule has 0 aromatic heterocycles. The van der Waals surface area contributed by atoms with Crippen LogP contribution in [0.1, 0.15) is 46.6 Å². The van der Waals surface area contributed by atoms with Crippen LogP contribution in [-0.2, 0) is 5.41 Å². The zero-order valence-corrected chi connectivity index (χ0v) is 18.4. The molecule has 4 aliphatic rings. The summed E-state index contributed by atoms with van der Waals surface area (Å²) < 4.78 is 0. The van der Waals surface area contributed by atoms with Gasteiger partial charge in [-0.3, -0.25) is 0 Å². The molecule has 0 radical (unpaired) electrons. The Hall–Kier alpha value is -3.09. The van der Waals surface area contributed by atoms with Crippen molar-refractivity contribution < 1.29 is 0 Å². The Kier molecular flexibility index (Phi) is 3.18. The van der Waals surface area contributed by atoms with Gasteiger partial charge < -0.3 is 0 Å². The van der Waals surface area contributed by atoms with Crippen LogP contribution in [0.2, 0.25) is 5.02 Å². The zero-order valence-electron chi connectivity index (χ0n) is 17.6. The highest BCUT2D eigenvalue weighted by Crippen LogP contribution is 2.69. The zero-order chi connectivity index (χ0) is 21.0. The lowest BCUT2D eigenvalue weighted by molar-refractivity contribution is 0.350. The van der Waals surface area contributed by atoms with E-state index in [1.807, 2.05) is 6.07 Å². The SMILES string of the molecule is Clc1ccc2c(c1)c1c3c4c(cccc42)C2(c4ccccc4C4=CC=CCC42)C3CC=C1. The molecule has 0 fully saturated rings. The first-order chi connectivity index (χ1) is 15.8. The Morgan fingerprint density at radius 2 is 1.66 bits per heavy atom. The molecule has 0 heterocycles. The highest BCUT2D eigenvalue weighted by atomic mass is 35.5. The lowest BCUT2D eigenvalue weighted by atomic mass is 9.60. The van der Waals surface area contributed by atoms with Gasteiger partial charge in [0, 0.05) is 22.3 Å². The average Bonchev–Trinajstić information content (AvgIpc) is 3.31. The summed E-state index contributed by atoms with van der Waals surface area (Å²) in [5.74, 6) is 0.938. The molecule has 4 aromatic rings. The molecule has 1 spiro atoms. The summed E-state index contributed by atoms with van der Waals surface area (Å²) in [4.78, 5) is 0. The second kappa shape index (κ2) is 5.82. The summed E-state index contributed by atoms with van der Waals surface area (Å²) in [6, 6.07) is 22.7. The third kappa shape index (κ3) is 1.81. The minimum atomic E-state index is -0.00426. The number of hydrogen-bond acceptors (Lipinski definition) is 0. The topological polar surface area (TPSA) is 0 Å². The fourth-order valence-electron chi connectivity index (χ4n) is 7.63. The molecular weight excluding hydrogens is 408 g/mol. The molecule has 3 unspecified atom stereocenters. The second-order valence-corrected chi connectivity index (χ2v) is 10.1. The van der Waals surface area contributed by atoms with E-state index in [1.54, 1.807) is 5.56 Å². The van der Waals surface area contributed by atoms with Crippen LogP contribution in [0.3, 0.4) is 0 Å². The molecule has 8 rings (SSSR count). The van der Waals surface area contributed by atoms with E-state index >= 15 is 0 Å². The van der Waals surface area contributed by atoms with Gasteiger partial charge in [0.15, 0.2) is 0 Å². The summed E-state index contributed by atoms with van der Waals surface area (Å²) >= 11 is 6.50. The van der Waals surface area contributed by atoms with Gasteiger partial charge in [0.2, 0.25) is 0 Å². The van der Waals surface area contributed by atoms with Crippen molar-refractivity contribution in [1.82, 2.24) is 0 Å². The maximum absolute atomic E-state index is 6.50. The second-order valence-electron chi connectivity index (χ2n) is 9.69. The first-order valence-electron chi connectivity index (χ1n) is 11.6. The van der Waals surface area contributed by atoms with E-state index in [1.165, 1.54) is 49.4 Å². The highest BCUT2D eigenvalue weighted by Gasteiger charge is 2.59. The molecule has 0 saturated heterocycles. The average molecular weight is 429 g/mol. The van der Waals surface area contributed by atoms with Gasteiger partial charge in [-0.15, -0.1) is 0 Å². The van der Waals surface area contributed by atoms with Crippen molar-refractivity contribution in [2.24, 2.45) is 5.92 Å². The van der Waals surface area contributed by atoms with Gasteiger partial charge in [0.05, 0.1) is 0 Å². The molecule has 0 saturated carbocycles. The van der Waals surface area contributed by atoms with E-state index in [9.17, 15) is 0 Å². The van der Waals surface area contributed by atoms with E-state index in [4.69, 9.17) is 11.6 Å². The third-order valence-electron chi connectivity index (χ3n) is 8.58. The number of allylic oxidation sites excluding steroid dienone is 5. The first-order valence-corrected chi connectivity index (χ1v) is 12.0. The predicted octanol–water partition coefficient (Wildman–Crippen LogP) is 8.42. The number of hydrogen-bond donors (Lipinski definition) is 0. The lowest BCUT2D eigenvalue weighted by Gasteiger charge is -2.41. The highest BCUT2D eigenvalue weighted by molar-refractivity contribution is 6.32. The summed E-state index contributed by atoms with van der Waals surface area (Å²) in [6.07, 6.45) is 14.0. The molecule has 0 amide bonds. The Morgan fingerprint density at radius 3 is 2.62 bits per heavy atom. The van der Waals surface area contributed by atoms with Gasteiger partial charge in [-0.25, -0.2) is 0 Å². The smallest absolute Gasteiger partial charge is 0.0412 e. The van der Waals surface area contributed by atoms with E-state index in [0.717, 1.165) is 17.9 Å². The van der Waals surface area contributed by atoms with Crippen LogP contribution in [0.25, 0.3) is 33.2 Å². The lowest BCUT2D eigenvalue weighted by Crippen LogP contribution is -2.37. The molecule has 4 aromatic carbocycles. The fourth-order valence-corrected chi connectivity index (χ4v) is 7.81. The van der Waals surface area contributed by atoms with Crippen LogP contribution in [0.15, 0.2) is 85.0 Å². The normalized spacial score (nSPS) is 26.1. The van der Waals surface area contributed by atoms with Crippen molar-refractivity contribution in [2.75, 3.05) is 0 Å². The van der Waals surface area contributed by atoms with Crippen molar-refractivity contribution in [3.8, 4) is 0 Å². The van der Waals surface area contributed by atoms with Crippen LogP contribution in [0, 0.1) is 5.92 Å². The molecule has 0 nitrogen and oxygen atoms in total. The Morgan fingerprint density at radius 1 is 0.781 bits per heavy atom. The molecule has 3 atom stereocenters. The van der Waals surface area contributed by atoms with Crippen LogP contribution in [0.5, 0.6) is 0 Å². The van der Waals surface area contributed by atoms with E-state index < -0.39 is 0 Å². The van der Waals surface area contributed by atoms with Gasteiger partial charge >= 0.3 is 0 Å². The largest absolute Gasteiger partial charge is 0.0843 e. The number of halogens is 1. The van der Waals surface area contributed by atoms with Gasteiger partial charge in [0.25, 0.3) is 0 Å². The molecule has 0 aliphatic heterocycles. The summed E-state index contributed by atoms with van der Waals surface area (Å²) in [6.45, 7) is 0. The van der Waals surface area contributed by atoms with Crippen molar-refractivity contribution in [3.63, 3.8) is 0 Å². The van der Waals surface area contributed by atoms with E-state index in [0.29, 0.717) is 11.8 Å². The van der Waals surface area contributed by atoms with Gasteiger partial charge in [-0.05, 0) is 79.9 Å². The first kappa shape index (κ1) is 17.5. The minimum Gasteiger partial charge on any atom is -0.0843 e. The van der Waals surface area contributed by atoms with Gasteiger partial charge in [-0.2, -0.15) is 0 Å². The molecule has 0 N–H and O–H groups in total. The van der Waals surface area contributed by atoms with Crippen molar-refractivity contribution in [1.29, 1.82) is 0 Å². The summed E-state index contributed by atoms with van der Waals surface area (Å²) in [5.41, 5.74) is 8.97. The number of benzene rings is 4. The predicted molar refractivity (Wildman–Crippen MR) is 135 cm³/mol. The van der Waals surface area contributed by atoms with E-state index in [-0.39, 0.29) is 5.41 Å². The van der Waals surface area contributed by atoms with Crippen LogP contribution < -0.4 is 0 Å². The standard InChI is InChI=1S/C31H21Cl/c32-18-15-16-19-22-9-5-13-27-29(22)30-23(24(19)17-18)10-6-14-28(30)31(27)25-11-3-1-7-20(25)21-8-2-4-12-26(21)31/h1-11,13,15-17,26,28H,12,14H2. The number of rotatable bonds is 0. The molecular formula is C31H21Cl. The Labute approximate surface area is 192 Å². The Bertz CT molecular complexity index is 1600. The van der Waals surface area contributed by atoms with Crippen molar-refractivity contribution >= 4 is 44.8 Å². The van der Waals surface area contributed by atoms with Crippen LogP contribution in [-0.4, -0.2) is 0 Å². The van der Waals surface area contributed by atoms with Crippen molar-refractivity contribution in [3.05, 3.63) is 118 Å². The molecule has 4 aliphatic carbocycles. The fraction of sp³-hybridized carbons (Fsp3) is 0.161. The monoisotopic (exact) mass is 428 g/mol.